The number of anilines is 1. The van der Waals surface area contributed by atoms with E-state index in [0.717, 1.165) is 26.1 Å². The molecular weight excluding hydrogens is 331 g/mol. The van der Waals surface area contributed by atoms with Crippen molar-refractivity contribution in [1.82, 2.24) is 4.90 Å². The van der Waals surface area contributed by atoms with E-state index in [9.17, 15) is 4.79 Å². The first kappa shape index (κ1) is 16.3. The summed E-state index contributed by atoms with van der Waals surface area (Å²) in [6.45, 7) is 2.57. The summed E-state index contributed by atoms with van der Waals surface area (Å²) in [4.78, 5) is 14.7. The summed E-state index contributed by atoms with van der Waals surface area (Å²) in [5.41, 5.74) is 1.84. The molecule has 5 heteroatoms. The van der Waals surface area contributed by atoms with E-state index in [1.807, 2.05) is 18.2 Å². The number of carbonyl (C=O) groups is 1. The lowest BCUT2D eigenvalue weighted by atomic mass is 10.1. The van der Waals surface area contributed by atoms with E-state index >= 15 is 0 Å². The number of likely N-dealkylation sites (tertiary alicyclic amines) is 1. The smallest absolute Gasteiger partial charge is 0.228 e. The lowest BCUT2D eigenvalue weighted by Gasteiger charge is -2.16. The van der Waals surface area contributed by atoms with Crippen LogP contribution in [0.4, 0.5) is 5.69 Å². The van der Waals surface area contributed by atoms with Gasteiger partial charge < -0.3 is 5.32 Å². The summed E-state index contributed by atoms with van der Waals surface area (Å²) in [6.07, 6.45) is 0.858. The van der Waals surface area contributed by atoms with Crippen molar-refractivity contribution in [2.75, 3.05) is 18.4 Å². The van der Waals surface area contributed by atoms with Crippen LogP contribution in [0.2, 0.25) is 10.0 Å². The maximum atomic E-state index is 12.4. The molecular formula is C18H18Cl2N2O. The molecule has 0 saturated carbocycles. The van der Waals surface area contributed by atoms with Gasteiger partial charge in [-0.05, 0) is 36.7 Å². The number of benzene rings is 2. The first-order valence-corrected chi connectivity index (χ1v) is 8.39. The fourth-order valence-electron chi connectivity index (χ4n) is 2.86. The minimum atomic E-state index is -0.0197. The van der Waals surface area contributed by atoms with Gasteiger partial charge in [0.25, 0.3) is 0 Å². The zero-order valence-corrected chi connectivity index (χ0v) is 14.1. The van der Waals surface area contributed by atoms with E-state index < -0.39 is 0 Å². The van der Waals surface area contributed by atoms with E-state index in [1.54, 1.807) is 18.2 Å². The predicted molar refractivity (Wildman–Crippen MR) is 94.9 cm³/mol. The van der Waals surface area contributed by atoms with Gasteiger partial charge >= 0.3 is 0 Å². The molecule has 1 aliphatic heterocycles. The topological polar surface area (TPSA) is 32.3 Å². The monoisotopic (exact) mass is 348 g/mol. The highest BCUT2D eigenvalue weighted by Gasteiger charge is 2.28. The molecule has 1 amide bonds. The Kier molecular flexibility index (Phi) is 5.21. The summed E-state index contributed by atoms with van der Waals surface area (Å²) in [5, 5.41) is 3.95. The molecule has 3 rings (SSSR count). The average molecular weight is 349 g/mol. The third-order valence-electron chi connectivity index (χ3n) is 4.08. The second-order valence-corrected chi connectivity index (χ2v) is 6.66. The normalized spacial score (nSPS) is 18.1. The van der Waals surface area contributed by atoms with Crippen LogP contribution in [0.15, 0.2) is 48.5 Å². The van der Waals surface area contributed by atoms with Gasteiger partial charge in [-0.2, -0.15) is 0 Å². The molecule has 1 fully saturated rings. The van der Waals surface area contributed by atoms with Crippen LogP contribution in [0.25, 0.3) is 0 Å². The lowest BCUT2D eigenvalue weighted by molar-refractivity contribution is -0.119. The largest absolute Gasteiger partial charge is 0.324 e. The van der Waals surface area contributed by atoms with Crippen LogP contribution in [-0.2, 0) is 11.3 Å². The molecule has 1 aliphatic rings. The van der Waals surface area contributed by atoms with Crippen LogP contribution in [0.1, 0.15) is 12.0 Å². The minimum Gasteiger partial charge on any atom is -0.324 e. The van der Waals surface area contributed by atoms with Crippen molar-refractivity contribution >= 4 is 34.8 Å². The van der Waals surface area contributed by atoms with Gasteiger partial charge in [-0.3, -0.25) is 9.69 Å². The number of hydrogen-bond acceptors (Lipinski definition) is 2. The Balaban J connectivity index is 1.58. The number of amides is 1. The molecule has 1 heterocycles. The molecule has 3 nitrogen and oxygen atoms in total. The van der Waals surface area contributed by atoms with Gasteiger partial charge in [0, 0.05) is 18.1 Å². The molecule has 1 unspecified atom stereocenters. The van der Waals surface area contributed by atoms with Crippen molar-refractivity contribution in [1.29, 1.82) is 0 Å². The maximum Gasteiger partial charge on any atom is 0.228 e. The number of halogens is 2. The van der Waals surface area contributed by atoms with Gasteiger partial charge in [-0.15, -0.1) is 0 Å². The number of hydrogen-bond donors (Lipinski definition) is 1. The second-order valence-electron chi connectivity index (χ2n) is 5.82. The highest BCUT2D eigenvalue weighted by Crippen LogP contribution is 2.27. The summed E-state index contributed by atoms with van der Waals surface area (Å²) < 4.78 is 0. The third-order valence-corrected chi connectivity index (χ3v) is 4.64. The quantitative estimate of drug-likeness (QED) is 0.884. The molecule has 1 atom stereocenters. The lowest BCUT2D eigenvalue weighted by Crippen LogP contribution is -2.27. The molecule has 0 radical (unpaired) electrons. The minimum absolute atomic E-state index is 0.00438. The van der Waals surface area contributed by atoms with E-state index in [-0.39, 0.29) is 11.8 Å². The van der Waals surface area contributed by atoms with Gasteiger partial charge in [0.15, 0.2) is 0 Å². The van der Waals surface area contributed by atoms with Crippen molar-refractivity contribution in [3.8, 4) is 0 Å². The third kappa shape index (κ3) is 4.25. The highest BCUT2D eigenvalue weighted by atomic mass is 35.5. The summed E-state index contributed by atoms with van der Waals surface area (Å²) in [5.74, 6) is -0.0153. The van der Waals surface area contributed by atoms with Crippen molar-refractivity contribution in [3.05, 3.63) is 64.1 Å². The molecule has 1 saturated heterocycles. The van der Waals surface area contributed by atoms with Crippen LogP contribution in [0, 0.1) is 5.92 Å². The van der Waals surface area contributed by atoms with Gasteiger partial charge in [0.1, 0.15) is 0 Å². The fraction of sp³-hybridized carbons (Fsp3) is 0.278. The molecule has 0 aromatic heterocycles. The molecule has 0 aliphatic carbocycles. The summed E-state index contributed by atoms with van der Waals surface area (Å²) in [7, 11) is 0. The average Bonchev–Trinajstić information content (AvgIpc) is 3.00. The molecule has 120 valence electrons. The van der Waals surface area contributed by atoms with Crippen LogP contribution >= 0.6 is 23.2 Å². The van der Waals surface area contributed by atoms with Crippen molar-refractivity contribution in [2.24, 2.45) is 5.92 Å². The van der Waals surface area contributed by atoms with Gasteiger partial charge in [-0.25, -0.2) is 0 Å². The number of rotatable bonds is 4. The molecule has 2 aromatic rings. The van der Waals surface area contributed by atoms with Crippen molar-refractivity contribution in [2.45, 2.75) is 13.0 Å². The zero-order valence-electron chi connectivity index (χ0n) is 12.6. The highest BCUT2D eigenvalue weighted by molar-refractivity contribution is 6.35. The SMILES string of the molecule is O=C(Nc1cc(Cl)ccc1Cl)C1CCN(Cc2ccccc2)C1. The predicted octanol–water partition coefficient (Wildman–Crippen LogP) is 4.45. The Morgan fingerprint density at radius 1 is 1.17 bits per heavy atom. The van der Waals surface area contributed by atoms with Crippen LogP contribution in [0.3, 0.4) is 0 Å². The Morgan fingerprint density at radius 3 is 2.74 bits per heavy atom. The number of carbonyl (C=O) groups excluding carboxylic acids is 1. The first-order chi connectivity index (χ1) is 11.1. The van der Waals surface area contributed by atoms with Gasteiger partial charge in [0.05, 0.1) is 16.6 Å². The van der Waals surface area contributed by atoms with Crippen LogP contribution in [0.5, 0.6) is 0 Å². The van der Waals surface area contributed by atoms with Crippen LogP contribution < -0.4 is 5.32 Å². The number of nitrogens with zero attached hydrogens (tertiary/aromatic N) is 1. The molecule has 23 heavy (non-hydrogen) atoms. The van der Waals surface area contributed by atoms with Gasteiger partial charge in [-0.1, -0.05) is 53.5 Å². The van der Waals surface area contributed by atoms with Crippen molar-refractivity contribution < 1.29 is 4.79 Å². The van der Waals surface area contributed by atoms with Crippen molar-refractivity contribution in [3.63, 3.8) is 0 Å². The summed E-state index contributed by atoms with van der Waals surface area (Å²) >= 11 is 12.1. The molecule has 1 N–H and O–H groups in total. The molecule has 0 spiro atoms. The Labute approximate surface area is 146 Å². The van der Waals surface area contributed by atoms with E-state index in [4.69, 9.17) is 23.2 Å². The first-order valence-electron chi connectivity index (χ1n) is 7.64. The second kappa shape index (κ2) is 7.35. The van der Waals surface area contributed by atoms with E-state index in [0.29, 0.717) is 15.7 Å². The van der Waals surface area contributed by atoms with E-state index in [1.165, 1.54) is 5.56 Å². The Bertz CT molecular complexity index is 691. The maximum absolute atomic E-state index is 12.4. The molecule has 0 bridgehead atoms. The van der Waals surface area contributed by atoms with Gasteiger partial charge in [0.2, 0.25) is 5.91 Å². The molecule has 2 aromatic carbocycles. The Hall–Kier alpha value is -1.55. The standard InChI is InChI=1S/C18H18Cl2N2O/c19-15-6-7-16(20)17(10-15)21-18(23)14-8-9-22(12-14)11-13-4-2-1-3-5-13/h1-7,10,14H,8-9,11-12H2,(H,21,23). The fourth-order valence-corrected chi connectivity index (χ4v) is 3.20. The number of nitrogens with one attached hydrogen (secondary N) is 1. The van der Waals surface area contributed by atoms with E-state index in [2.05, 4.69) is 22.3 Å². The zero-order chi connectivity index (χ0) is 16.2. The summed E-state index contributed by atoms with van der Waals surface area (Å²) in [6, 6.07) is 15.4. The van der Waals surface area contributed by atoms with Crippen LogP contribution in [-0.4, -0.2) is 23.9 Å². The Morgan fingerprint density at radius 2 is 1.96 bits per heavy atom.